The number of anilines is 1. The molecule has 0 aliphatic carbocycles. The van der Waals surface area contributed by atoms with Crippen molar-refractivity contribution in [1.82, 2.24) is 14.5 Å². The van der Waals surface area contributed by atoms with Gasteiger partial charge in [-0.2, -0.15) is 4.98 Å². The van der Waals surface area contributed by atoms with E-state index in [2.05, 4.69) is 9.72 Å². The van der Waals surface area contributed by atoms with Crippen molar-refractivity contribution in [1.29, 1.82) is 0 Å². The van der Waals surface area contributed by atoms with E-state index in [1.54, 1.807) is 31.3 Å². The van der Waals surface area contributed by atoms with Crippen LogP contribution in [0.4, 0.5) is 19.0 Å². The number of halogens is 4. The molecule has 196 valence electrons. The van der Waals surface area contributed by atoms with Crippen LogP contribution in [0.25, 0.3) is 0 Å². The highest BCUT2D eigenvalue weighted by Gasteiger charge is 2.40. The second-order valence-corrected chi connectivity index (χ2v) is 8.96. The Balaban J connectivity index is 1.81. The van der Waals surface area contributed by atoms with Crippen LogP contribution in [0.5, 0.6) is 17.5 Å². The molecule has 0 fully saturated rings. The van der Waals surface area contributed by atoms with E-state index in [0.717, 1.165) is 17.7 Å². The van der Waals surface area contributed by atoms with Gasteiger partial charge in [-0.1, -0.05) is 43.1 Å². The van der Waals surface area contributed by atoms with Crippen molar-refractivity contribution in [2.45, 2.75) is 38.7 Å². The number of benzene rings is 2. The Labute approximate surface area is 216 Å². The number of nitrogens with zero attached hydrogens (tertiary/aromatic N) is 4. The second kappa shape index (κ2) is 10.3. The topological polar surface area (TPSA) is 76.9 Å². The summed E-state index contributed by atoms with van der Waals surface area (Å²) in [5.74, 6) is -1.13. The molecular formula is C25H24ClF3N4O4. The molecule has 1 unspecified atom stereocenters. The summed E-state index contributed by atoms with van der Waals surface area (Å²) in [7, 11) is 3.08. The summed E-state index contributed by atoms with van der Waals surface area (Å²) in [6.07, 6.45) is -3.71. The standard InChI is InChI=1S/C25H24ClF3N4O4/c1-4-6-19-22(34)32(3)21-20(23(35)31(19)2)33(14-15-9-11-16(26)12-10-15)24(30-21)36-17-7-5-8-18(13-17)37-25(27,28)29/h5,7-13,19H,4,6,14H2,1-3H3. The van der Waals surface area contributed by atoms with Crippen molar-refractivity contribution in [3.05, 3.63) is 64.8 Å². The van der Waals surface area contributed by atoms with Gasteiger partial charge in [0.25, 0.3) is 11.8 Å². The summed E-state index contributed by atoms with van der Waals surface area (Å²) in [6, 6.07) is 11.1. The zero-order valence-corrected chi connectivity index (χ0v) is 21.0. The van der Waals surface area contributed by atoms with Crippen LogP contribution in [0.1, 0.15) is 35.8 Å². The molecular weight excluding hydrogens is 513 g/mol. The highest BCUT2D eigenvalue weighted by Crippen LogP contribution is 2.35. The number of hydrogen-bond donors (Lipinski definition) is 0. The third-order valence-electron chi connectivity index (χ3n) is 5.90. The number of fused-ring (bicyclic) bond motifs is 1. The fraction of sp³-hybridized carbons (Fsp3) is 0.320. The van der Waals surface area contributed by atoms with Crippen molar-refractivity contribution in [3.8, 4) is 17.5 Å². The van der Waals surface area contributed by atoms with Crippen LogP contribution >= 0.6 is 11.6 Å². The number of carbonyl (C=O) groups is 2. The monoisotopic (exact) mass is 536 g/mol. The lowest BCUT2D eigenvalue weighted by Crippen LogP contribution is -2.45. The van der Waals surface area contributed by atoms with Crippen LogP contribution < -0.4 is 14.4 Å². The van der Waals surface area contributed by atoms with Crippen LogP contribution in [-0.2, 0) is 11.3 Å². The molecule has 2 heterocycles. The normalized spacial score (nSPS) is 16.0. The van der Waals surface area contributed by atoms with Gasteiger partial charge in [0, 0.05) is 25.2 Å². The van der Waals surface area contributed by atoms with E-state index in [-0.39, 0.29) is 35.7 Å². The Morgan fingerprint density at radius 1 is 1.05 bits per heavy atom. The number of amides is 2. The van der Waals surface area contributed by atoms with Gasteiger partial charge in [-0.25, -0.2) is 0 Å². The smallest absolute Gasteiger partial charge is 0.425 e. The Morgan fingerprint density at radius 3 is 2.38 bits per heavy atom. The summed E-state index contributed by atoms with van der Waals surface area (Å²) in [5.41, 5.74) is 0.868. The largest absolute Gasteiger partial charge is 0.573 e. The maximum Gasteiger partial charge on any atom is 0.573 e. The van der Waals surface area contributed by atoms with Crippen LogP contribution in [0, 0.1) is 0 Å². The molecule has 0 spiro atoms. The second-order valence-electron chi connectivity index (χ2n) is 8.52. The highest BCUT2D eigenvalue weighted by atomic mass is 35.5. The third-order valence-corrected chi connectivity index (χ3v) is 6.15. The molecule has 37 heavy (non-hydrogen) atoms. The van der Waals surface area contributed by atoms with Crippen LogP contribution in [0.3, 0.4) is 0 Å². The Bertz CT molecular complexity index is 1310. The number of hydrogen-bond acceptors (Lipinski definition) is 5. The molecule has 2 amide bonds. The minimum atomic E-state index is -4.88. The first-order chi connectivity index (χ1) is 17.5. The first kappa shape index (κ1) is 26.3. The van der Waals surface area contributed by atoms with E-state index in [1.807, 2.05) is 6.92 Å². The minimum absolute atomic E-state index is 0.00194. The third kappa shape index (κ3) is 5.66. The van der Waals surface area contributed by atoms with Crippen molar-refractivity contribution >= 4 is 29.2 Å². The molecule has 8 nitrogen and oxygen atoms in total. The number of likely N-dealkylation sites (N-methyl/N-ethyl adjacent to an activating group) is 2. The van der Waals surface area contributed by atoms with Crippen molar-refractivity contribution in [2.24, 2.45) is 0 Å². The van der Waals surface area contributed by atoms with Gasteiger partial charge in [-0.05, 0) is 36.2 Å². The van der Waals surface area contributed by atoms with Crippen molar-refractivity contribution in [2.75, 3.05) is 19.0 Å². The van der Waals surface area contributed by atoms with Crippen LogP contribution in [-0.4, -0.2) is 52.8 Å². The van der Waals surface area contributed by atoms with Gasteiger partial charge >= 0.3 is 12.4 Å². The van der Waals surface area contributed by atoms with E-state index in [9.17, 15) is 22.8 Å². The minimum Gasteiger partial charge on any atom is -0.425 e. The number of carbonyl (C=O) groups excluding carboxylic acids is 2. The molecule has 0 N–H and O–H groups in total. The zero-order valence-electron chi connectivity index (χ0n) is 20.3. The molecule has 12 heteroatoms. The molecule has 0 bridgehead atoms. The average Bonchev–Trinajstić information content (AvgIpc) is 3.16. The summed E-state index contributed by atoms with van der Waals surface area (Å²) < 4.78 is 49.5. The number of rotatable bonds is 7. The number of alkyl halides is 3. The van der Waals surface area contributed by atoms with Crippen molar-refractivity contribution in [3.63, 3.8) is 0 Å². The lowest BCUT2D eigenvalue weighted by Gasteiger charge is -2.26. The number of ether oxygens (including phenoxy) is 2. The van der Waals surface area contributed by atoms with Gasteiger partial charge in [-0.15, -0.1) is 13.2 Å². The fourth-order valence-corrected chi connectivity index (χ4v) is 4.22. The van der Waals surface area contributed by atoms with Gasteiger partial charge in [0.15, 0.2) is 11.5 Å². The van der Waals surface area contributed by atoms with Crippen LogP contribution in [0.15, 0.2) is 48.5 Å². The van der Waals surface area contributed by atoms with E-state index in [4.69, 9.17) is 16.3 Å². The predicted molar refractivity (Wildman–Crippen MR) is 130 cm³/mol. The number of aromatic nitrogens is 2. The number of imidazole rings is 1. The molecule has 0 radical (unpaired) electrons. The Hall–Kier alpha value is -3.73. The quantitative estimate of drug-likeness (QED) is 0.399. The first-order valence-corrected chi connectivity index (χ1v) is 11.8. The molecule has 1 aromatic heterocycles. The zero-order chi connectivity index (χ0) is 26.9. The van der Waals surface area contributed by atoms with Gasteiger partial charge in [0.05, 0.1) is 6.54 Å². The lowest BCUT2D eigenvalue weighted by molar-refractivity contribution is -0.274. The summed E-state index contributed by atoms with van der Waals surface area (Å²) in [6.45, 7) is 2.04. The molecule has 0 saturated heterocycles. The summed E-state index contributed by atoms with van der Waals surface area (Å²) in [5, 5.41) is 0.523. The first-order valence-electron chi connectivity index (χ1n) is 11.4. The molecule has 2 aromatic carbocycles. The molecule has 3 aromatic rings. The van der Waals surface area contributed by atoms with Gasteiger partial charge in [0.1, 0.15) is 17.5 Å². The predicted octanol–water partition coefficient (Wildman–Crippen LogP) is 5.49. The van der Waals surface area contributed by atoms with Gasteiger partial charge < -0.3 is 14.4 Å². The molecule has 4 rings (SSSR count). The molecule has 0 saturated carbocycles. The van der Waals surface area contributed by atoms with E-state index in [0.29, 0.717) is 17.9 Å². The van der Waals surface area contributed by atoms with E-state index >= 15 is 0 Å². The maximum absolute atomic E-state index is 13.6. The van der Waals surface area contributed by atoms with Crippen molar-refractivity contribution < 1.29 is 32.2 Å². The SMILES string of the molecule is CCCC1C(=O)N(C)c2nc(Oc3cccc(OC(F)(F)F)c3)n(Cc3ccc(Cl)cc3)c2C(=O)N1C. The summed E-state index contributed by atoms with van der Waals surface area (Å²) in [4.78, 5) is 34.0. The summed E-state index contributed by atoms with van der Waals surface area (Å²) >= 11 is 6.01. The molecule has 1 aliphatic rings. The van der Waals surface area contributed by atoms with E-state index < -0.39 is 24.1 Å². The van der Waals surface area contributed by atoms with Gasteiger partial charge in [-0.3, -0.25) is 19.1 Å². The van der Waals surface area contributed by atoms with Crippen LogP contribution in [0.2, 0.25) is 5.02 Å². The lowest BCUT2D eigenvalue weighted by atomic mass is 10.1. The Morgan fingerprint density at radius 2 is 1.73 bits per heavy atom. The fourth-order valence-electron chi connectivity index (χ4n) is 4.10. The van der Waals surface area contributed by atoms with E-state index in [1.165, 1.54) is 33.5 Å². The Kier molecular flexibility index (Phi) is 7.35. The molecule has 1 atom stereocenters. The average molecular weight is 537 g/mol. The highest BCUT2D eigenvalue weighted by molar-refractivity contribution is 6.30. The molecule has 1 aliphatic heterocycles. The van der Waals surface area contributed by atoms with Gasteiger partial charge in [0.2, 0.25) is 0 Å². The maximum atomic E-state index is 13.6.